The van der Waals surface area contributed by atoms with Gasteiger partial charge in [-0.05, 0) is 18.3 Å². The molecule has 4 unspecified atom stereocenters. The maximum absolute atomic E-state index is 13.1. The van der Waals surface area contributed by atoms with E-state index in [0.717, 1.165) is 0 Å². The smallest absolute Gasteiger partial charge is 0.459 e. The first-order chi connectivity index (χ1) is 12.3. The third-order valence-corrected chi connectivity index (χ3v) is 5.38. The molecule has 154 valence electrons. The number of alkyl halides is 4. The van der Waals surface area contributed by atoms with E-state index in [9.17, 15) is 40.7 Å². The Hall–Kier alpha value is -1.73. The minimum atomic E-state index is -6.40. The zero-order chi connectivity index (χ0) is 20.6. The second kappa shape index (κ2) is 7.36. The van der Waals surface area contributed by atoms with Crippen molar-refractivity contribution in [2.45, 2.75) is 24.2 Å². The lowest BCUT2D eigenvalue weighted by molar-refractivity contribution is -0.318. The van der Waals surface area contributed by atoms with Gasteiger partial charge in [0, 0.05) is 6.42 Å². The fourth-order valence-electron chi connectivity index (χ4n) is 3.24. The number of allylic oxidation sites excluding steroid dienone is 2. The number of carboxylic acid groups (broad SMARTS) is 1. The quantitative estimate of drug-likeness (QED) is 0.189. The van der Waals surface area contributed by atoms with Crippen molar-refractivity contribution in [2.75, 3.05) is 13.2 Å². The molecule has 0 aromatic carbocycles. The van der Waals surface area contributed by atoms with Crippen LogP contribution in [-0.4, -0.2) is 54.6 Å². The van der Waals surface area contributed by atoms with Gasteiger partial charge in [-0.1, -0.05) is 12.2 Å². The molecular formula is C14H16F4O8S. The highest BCUT2D eigenvalue weighted by Gasteiger charge is 2.67. The third-order valence-electron chi connectivity index (χ3n) is 4.50. The Morgan fingerprint density at radius 2 is 1.63 bits per heavy atom. The van der Waals surface area contributed by atoms with Crippen molar-refractivity contribution in [1.82, 2.24) is 0 Å². The van der Waals surface area contributed by atoms with Crippen LogP contribution in [0.4, 0.5) is 17.6 Å². The van der Waals surface area contributed by atoms with Gasteiger partial charge in [0.05, 0.1) is 25.0 Å². The molecule has 4 atom stereocenters. The van der Waals surface area contributed by atoms with Gasteiger partial charge in [0.15, 0.2) is 0 Å². The number of hydrogen-bond donors (Lipinski definition) is 2. The number of carbonyl (C=O) groups excluding carboxylic acids is 1. The van der Waals surface area contributed by atoms with Gasteiger partial charge in [-0.25, -0.2) is 0 Å². The van der Waals surface area contributed by atoms with Crippen LogP contribution in [0.3, 0.4) is 0 Å². The average molecular weight is 420 g/mol. The number of carboxylic acids is 1. The lowest BCUT2D eigenvalue weighted by atomic mass is 9.83. The highest BCUT2D eigenvalue weighted by atomic mass is 32.2. The zero-order valence-electron chi connectivity index (χ0n) is 13.6. The zero-order valence-corrected chi connectivity index (χ0v) is 14.4. The fourth-order valence-corrected chi connectivity index (χ4v) is 3.60. The molecule has 0 aromatic rings. The average Bonchev–Trinajstić information content (AvgIpc) is 3.13. The van der Waals surface area contributed by atoms with Crippen LogP contribution in [0, 0.1) is 23.7 Å². The Labute approximate surface area is 150 Å². The van der Waals surface area contributed by atoms with Gasteiger partial charge in [0.1, 0.15) is 0 Å². The van der Waals surface area contributed by atoms with Crippen LogP contribution in [0.1, 0.15) is 12.8 Å². The SMILES string of the molecule is O=C(O)C1C2C=CC(C2)C1C(=O)OCCCOC(F)(F)C(F)(F)S(=O)(=O)O. The Kier molecular flexibility index (Phi) is 5.88. The standard InChI is InChI=1S/C14H16F4O8S/c15-13(16,14(17,18)27(22,23)24)26-5-1-4-25-12(21)10-8-3-2-7(6-8)9(10)11(19)20/h2-3,7-10H,1,4-6H2,(H,19,20)(H,22,23,24). The molecule has 2 N–H and O–H groups in total. The molecule has 1 fully saturated rings. The van der Waals surface area contributed by atoms with Crippen molar-refractivity contribution in [3.63, 3.8) is 0 Å². The van der Waals surface area contributed by atoms with E-state index in [1.807, 2.05) is 0 Å². The van der Waals surface area contributed by atoms with Gasteiger partial charge in [-0.15, -0.1) is 0 Å². The monoisotopic (exact) mass is 420 g/mol. The van der Waals surface area contributed by atoms with Gasteiger partial charge in [0.2, 0.25) is 0 Å². The molecule has 27 heavy (non-hydrogen) atoms. The predicted octanol–water partition coefficient (Wildman–Crippen LogP) is 1.53. The van der Waals surface area contributed by atoms with Crippen molar-refractivity contribution in [3.05, 3.63) is 12.2 Å². The minimum absolute atomic E-state index is 0.297. The van der Waals surface area contributed by atoms with Crippen LogP contribution < -0.4 is 0 Å². The number of ether oxygens (including phenoxy) is 2. The summed E-state index contributed by atoms with van der Waals surface area (Å²) in [6.07, 6.45) is -2.09. The molecule has 2 aliphatic carbocycles. The number of fused-ring (bicyclic) bond motifs is 2. The molecule has 0 aromatic heterocycles. The summed E-state index contributed by atoms with van der Waals surface area (Å²) in [7, 11) is -6.40. The Morgan fingerprint density at radius 3 is 2.15 bits per heavy atom. The van der Waals surface area contributed by atoms with Crippen molar-refractivity contribution < 1.29 is 54.7 Å². The summed E-state index contributed by atoms with van der Waals surface area (Å²) >= 11 is 0. The maximum Gasteiger partial charge on any atom is 0.459 e. The van der Waals surface area contributed by atoms with E-state index in [1.165, 1.54) is 0 Å². The lowest BCUT2D eigenvalue weighted by Gasteiger charge is -2.24. The van der Waals surface area contributed by atoms with Crippen molar-refractivity contribution in [3.8, 4) is 0 Å². The van der Waals surface area contributed by atoms with E-state index >= 15 is 0 Å². The summed E-state index contributed by atoms with van der Waals surface area (Å²) in [4.78, 5) is 23.3. The van der Waals surface area contributed by atoms with Crippen LogP contribution >= 0.6 is 0 Å². The predicted molar refractivity (Wildman–Crippen MR) is 78.3 cm³/mol. The second-order valence-corrected chi connectivity index (χ2v) is 7.68. The van der Waals surface area contributed by atoms with Gasteiger partial charge >= 0.3 is 33.4 Å². The highest BCUT2D eigenvalue weighted by Crippen LogP contribution is 2.48. The first-order valence-corrected chi connectivity index (χ1v) is 9.18. The van der Waals surface area contributed by atoms with Gasteiger partial charge in [-0.3, -0.25) is 14.1 Å². The number of rotatable bonds is 9. The molecule has 2 rings (SSSR count). The van der Waals surface area contributed by atoms with Gasteiger partial charge in [-0.2, -0.15) is 26.0 Å². The second-order valence-electron chi connectivity index (χ2n) is 6.22. The van der Waals surface area contributed by atoms with Crippen LogP contribution in [0.2, 0.25) is 0 Å². The molecule has 1 saturated carbocycles. The van der Waals surface area contributed by atoms with Crippen LogP contribution in [0.5, 0.6) is 0 Å². The molecule has 13 heteroatoms. The summed E-state index contributed by atoms with van der Waals surface area (Å²) in [5.74, 6) is -4.50. The largest absolute Gasteiger partial charge is 0.481 e. The first kappa shape index (κ1) is 21.6. The fraction of sp³-hybridized carbons (Fsp3) is 0.714. The van der Waals surface area contributed by atoms with Crippen LogP contribution in [0.25, 0.3) is 0 Å². The summed E-state index contributed by atoms with van der Waals surface area (Å²) in [6, 6.07) is 0. The van der Waals surface area contributed by atoms with Crippen LogP contribution in [-0.2, 0) is 29.2 Å². The maximum atomic E-state index is 13.1. The van der Waals surface area contributed by atoms with Gasteiger partial charge in [0.25, 0.3) is 0 Å². The molecule has 0 radical (unpaired) electrons. The molecular weight excluding hydrogens is 404 g/mol. The minimum Gasteiger partial charge on any atom is -0.481 e. The summed E-state index contributed by atoms with van der Waals surface area (Å²) in [6.45, 7) is -1.64. The molecule has 2 bridgehead atoms. The van der Waals surface area contributed by atoms with E-state index in [2.05, 4.69) is 4.74 Å². The Morgan fingerprint density at radius 1 is 1.07 bits per heavy atom. The Balaban J connectivity index is 1.81. The topological polar surface area (TPSA) is 127 Å². The molecule has 0 saturated heterocycles. The van der Waals surface area contributed by atoms with Crippen molar-refractivity contribution in [2.24, 2.45) is 23.7 Å². The molecule has 0 aliphatic heterocycles. The van der Waals surface area contributed by atoms with E-state index in [1.54, 1.807) is 12.2 Å². The molecule has 8 nitrogen and oxygen atoms in total. The molecule has 2 aliphatic rings. The normalized spacial score (nSPS) is 27.7. The number of esters is 1. The summed E-state index contributed by atoms with van der Waals surface area (Å²) < 4.78 is 89.0. The Bertz CT molecular complexity index is 735. The summed E-state index contributed by atoms with van der Waals surface area (Å²) in [5, 5.41) is 3.36. The first-order valence-electron chi connectivity index (χ1n) is 7.74. The third kappa shape index (κ3) is 4.09. The van der Waals surface area contributed by atoms with Crippen molar-refractivity contribution in [1.29, 1.82) is 0 Å². The lowest BCUT2D eigenvalue weighted by Crippen LogP contribution is -2.48. The van der Waals surface area contributed by atoms with E-state index in [0.29, 0.717) is 6.42 Å². The van der Waals surface area contributed by atoms with E-state index < -0.39 is 64.9 Å². The number of hydrogen-bond acceptors (Lipinski definition) is 6. The number of carbonyl (C=O) groups is 2. The number of halogens is 4. The molecule has 0 heterocycles. The summed E-state index contributed by atoms with van der Waals surface area (Å²) in [5.41, 5.74) is 0. The molecule has 0 spiro atoms. The number of aliphatic carboxylic acids is 1. The molecule has 0 amide bonds. The van der Waals surface area contributed by atoms with E-state index in [4.69, 9.17) is 9.29 Å². The van der Waals surface area contributed by atoms with Crippen molar-refractivity contribution >= 4 is 22.1 Å². The van der Waals surface area contributed by atoms with E-state index in [-0.39, 0.29) is 11.8 Å². The van der Waals surface area contributed by atoms with Gasteiger partial charge < -0.3 is 14.6 Å². The highest BCUT2D eigenvalue weighted by molar-refractivity contribution is 7.86. The van der Waals surface area contributed by atoms with Crippen LogP contribution in [0.15, 0.2) is 12.2 Å².